The minimum Gasteiger partial charge on any atom is -0.393 e. The number of hydrogen-bond acceptors (Lipinski definition) is 8. The summed E-state index contributed by atoms with van der Waals surface area (Å²) in [6, 6.07) is 0. The molecule has 12 heteroatoms. The zero-order chi connectivity index (χ0) is 15.8. The number of anilines is 1. The highest BCUT2D eigenvalue weighted by molar-refractivity contribution is 5.26. The van der Waals surface area contributed by atoms with Crippen molar-refractivity contribution in [2.75, 3.05) is 12.3 Å². The first-order valence-electron chi connectivity index (χ1n) is 5.61. The average molecular weight is 302 g/mol. The Morgan fingerprint density at radius 3 is 2.90 bits per heavy atom. The van der Waals surface area contributed by atoms with E-state index in [1.54, 1.807) is 0 Å². The SMILES string of the molecule is [N-]=[N+]=N[C@]1(CO)O[C@@H](n2cc(F)c(N)nc2=O)[C@H](O)[C@@H]1O. The first-order chi connectivity index (χ1) is 9.86. The third kappa shape index (κ3) is 2.30. The average Bonchev–Trinajstić information content (AvgIpc) is 2.69. The van der Waals surface area contributed by atoms with E-state index in [9.17, 15) is 24.5 Å². The maximum Gasteiger partial charge on any atom is 0.351 e. The van der Waals surface area contributed by atoms with Gasteiger partial charge >= 0.3 is 5.69 Å². The lowest BCUT2D eigenvalue weighted by Crippen LogP contribution is -2.44. The van der Waals surface area contributed by atoms with Crippen molar-refractivity contribution in [2.45, 2.75) is 24.2 Å². The summed E-state index contributed by atoms with van der Waals surface area (Å²) in [5.41, 5.74) is 10.3. The summed E-state index contributed by atoms with van der Waals surface area (Å²) in [7, 11) is 0. The summed E-state index contributed by atoms with van der Waals surface area (Å²) in [5.74, 6) is -1.70. The number of hydrogen-bond donors (Lipinski definition) is 4. The minimum absolute atomic E-state index is 0.532. The normalized spacial score (nSPS) is 31.9. The molecule has 4 atom stereocenters. The molecule has 0 amide bonds. The monoisotopic (exact) mass is 302 g/mol. The Balaban J connectivity index is 2.50. The number of halogens is 1. The molecule has 1 saturated heterocycles. The number of azide groups is 1. The molecule has 0 saturated carbocycles. The molecule has 0 aromatic carbocycles. The molecule has 1 fully saturated rings. The van der Waals surface area contributed by atoms with E-state index in [-0.39, 0.29) is 0 Å². The topological polar surface area (TPSA) is 180 Å². The van der Waals surface area contributed by atoms with Gasteiger partial charge in [0.25, 0.3) is 0 Å². The zero-order valence-electron chi connectivity index (χ0n) is 10.4. The molecule has 1 aromatic rings. The number of nitrogens with two attached hydrogens (primary N) is 1. The predicted octanol–water partition coefficient (Wildman–Crippen LogP) is -1.79. The number of nitrogens with zero attached hydrogens (tertiary/aromatic N) is 5. The lowest BCUT2D eigenvalue weighted by molar-refractivity contribution is -0.125. The molecule has 0 unspecified atom stereocenters. The largest absolute Gasteiger partial charge is 0.393 e. The Kier molecular flexibility index (Phi) is 3.80. The molecule has 0 aliphatic carbocycles. The van der Waals surface area contributed by atoms with E-state index in [2.05, 4.69) is 15.0 Å². The van der Waals surface area contributed by atoms with Gasteiger partial charge in [-0.3, -0.25) is 4.57 Å². The minimum atomic E-state index is -2.20. The Morgan fingerprint density at radius 2 is 2.33 bits per heavy atom. The summed E-state index contributed by atoms with van der Waals surface area (Å²) >= 11 is 0. The second kappa shape index (κ2) is 5.27. The van der Waals surface area contributed by atoms with E-state index in [0.717, 1.165) is 0 Å². The lowest BCUT2D eigenvalue weighted by Gasteiger charge is -2.23. The molecule has 0 bridgehead atoms. The van der Waals surface area contributed by atoms with Crippen LogP contribution in [0.4, 0.5) is 10.2 Å². The van der Waals surface area contributed by atoms with Crippen molar-refractivity contribution in [3.8, 4) is 0 Å². The van der Waals surface area contributed by atoms with Crippen LogP contribution in [0.1, 0.15) is 6.23 Å². The van der Waals surface area contributed by atoms with Crippen molar-refractivity contribution < 1.29 is 24.4 Å². The van der Waals surface area contributed by atoms with Crippen LogP contribution in [-0.2, 0) is 4.74 Å². The number of aliphatic hydroxyl groups is 3. The fourth-order valence-corrected chi connectivity index (χ4v) is 1.95. The molecule has 114 valence electrons. The molecule has 1 aliphatic heterocycles. The van der Waals surface area contributed by atoms with Gasteiger partial charge in [-0.1, -0.05) is 5.11 Å². The molecule has 2 heterocycles. The highest BCUT2D eigenvalue weighted by atomic mass is 19.1. The summed E-state index contributed by atoms with van der Waals surface area (Å²) in [5, 5.41) is 32.0. The number of rotatable bonds is 3. The molecular formula is C9H11FN6O5. The van der Waals surface area contributed by atoms with Gasteiger partial charge in [-0.2, -0.15) is 4.98 Å². The zero-order valence-corrected chi connectivity index (χ0v) is 10.4. The maximum atomic E-state index is 13.4. The second-order valence-corrected chi connectivity index (χ2v) is 4.30. The number of aromatic nitrogens is 2. The van der Waals surface area contributed by atoms with Gasteiger partial charge in [-0.15, -0.1) is 0 Å². The van der Waals surface area contributed by atoms with Crippen LogP contribution in [0.2, 0.25) is 0 Å². The fourth-order valence-electron chi connectivity index (χ4n) is 1.95. The van der Waals surface area contributed by atoms with E-state index in [1.807, 2.05) is 0 Å². The summed E-state index contributed by atoms with van der Waals surface area (Å²) in [4.78, 5) is 17.2. The van der Waals surface area contributed by atoms with Gasteiger partial charge < -0.3 is 25.8 Å². The molecule has 2 rings (SSSR count). The highest BCUT2D eigenvalue weighted by Gasteiger charge is 2.55. The Bertz CT molecular complexity index is 661. The van der Waals surface area contributed by atoms with E-state index < -0.39 is 48.1 Å². The predicted molar refractivity (Wildman–Crippen MR) is 64.0 cm³/mol. The smallest absolute Gasteiger partial charge is 0.351 e. The van der Waals surface area contributed by atoms with E-state index >= 15 is 0 Å². The Hall–Kier alpha value is -2.24. The molecule has 5 N–H and O–H groups in total. The van der Waals surface area contributed by atoms with E-state index in [1.165, 1.54) is 0 Å². The van der Waals surface area contributed by atoms with Crippen molar-refractivity contribution >= 4 is 5.82 Å². The number of ether oxygens (including phenoxy) is 1. The van der Waals surface area contributed by atoms with Gasteiger partial charge in [0, 0.05) is 4.91 Å². The van der Waals surface area contributed by atoms with Crippen LogP contribution in [0, 0.1) is 5.82 Å². The van der Waals surface area contributed by atoms with Crippen LogP contribution in [0.25, 0.3) is 10.4 Å². The second-order valence-electron chi connectivity index (χ2n) is 4.30. The Labute approximate surface area is 115 Å². The van der Waals surface area contributed by atoms with Crippen LogP contribution < -0.4 is 11.4 Å². The van der Waals surface area contributed by atoms with Gasteiger partial charge in [0.05, 0.1) is 12.8 Å². The van der Waals surface area contributed by atoms with Crippen molar-refractivity contribution in [3.05, 3.63) is 32.9 Å². The van der Waals surface area contributed by atoms with Crippen molar-refractivity contribution in [1.82, 2.24) is 9.55 Å². The molecular weight excluding hydrogens is 291 g/mol. The van der Waals surface area contributed by atoms with Crippen LogP contribution in [-0.4, -0.2) is 49.4 Å². The number of nitrogen functional groups attached to an aromatic ring is 1. The quantitative estimate of drug-likeness (QED) is 0.289. The highest BCUT2D eigenvalue weighted by Crippen LogP contribution is 2.37. The summed E-state index contributed by atoms with van der Waals surface area (Å²) < 4.78 is 19.0. The molecule has 0 spiro atoms. The first kappa shape index (κ1) is 15.2. The van der Waals surface area contributed by atoms with Crippen molar-refractivity contribution in [2.24, 2.45) is 5.11 Å². The standard InChI is InChI=1S/C9H11FN6O5/c10-3-1-16(8(20)13-6(3)11)7-4(18)5(19)9(2-17,21-7)14-15-12/h1,4-5,7,17-19H,2H2,(H2,11,13,20)/t4-,5+,7-,9-/m1/s1. The Morgan fingerprint density at radius 1 is 1.67 bits per heavy atom. The first-order valence-corrected chi connectivity index (χ1v) is 5.61. The van der Waals surface area contributed by atoms with Gasteiger partial charge in [-0.25, -0.2) is 9.18 Å². The molecule has 0 radical (unpaired) electrons. The lowest BCUT2D eigenvalue weighted by atomic mass is 10.1. The van der Waals surface area contributed by atoms with E-state index in [0.29, 0.717) is 10.8 Å². The third-order valence-electron chi connectivity index (χ3n) is 3.05. The van der Waals surface area contributed by atoms with Gasteiger partial charge in [0.15, 0.2) is 17.9 Å². The number of aliphatic hydroxyl groups excluding tert-OH is 3. The maximum absolute atomic E-state index is 13.4. The van der Waals surface area contributed by atoms with Crippen LogP contribution in [0.5, 0.6) is 0 Å². The van der Waals surface area contributed by atoms with Gasteiger partial charge in [-0.05, 0) is 5.53 Å². The molecule has 21 heavy (non-hydrogen) atoms. The van der Waals surface area contributed by atoms with Crippen molar-refractivity contribution in [3.63, 3.8) is 0 Å². The molecule has 11 nitrogen and oxygen atoms in total. The van der Waals surface area contributed by atoms with Crippen molar-refractivity contribution in [1.29, 1.82) is 0 Å². The van der Waals surface area contributed by atoms with Crippen LogP contribution in [0.3, 0.4) is 0 Å². The fraction of sp³-hybridized carbons (Fsp3) is 0.556. The molecule has 1 aliphatic rings. The summed E-state index contributed by atoms with van der Waals surface area (Å²) in [6.45, 7) is -0.967. The van der Waals surface area contributed by atoms with Crippen LogP contribution in [0.15, 0.2) is 16.1 Å². The molecule has 1 aromatic heterocycles. The van der Waals surface area contributed by atoms with E-state index in [4.69, 9.17) is 16.0 Å². The third-order valence-corrected chi connectivity index (χ3v) is 3.05. The van der Waals surface area contributed by atoms with Gasteiger partial charge in [0.2, 0.25) is 5.72 Å². The van der Waals surface area contributed by atoms with Crippen LogP contribution >= 0.6 is 0 Å². The van der Waals surface area contributed by atoms with Gasteiger partial charge in [0.1, 0.15) is 12.2 Å². The summed E-state index contributed by atoms with van der Waals surface area (Å²) in [6.07, 6.45) is -4.61.